The molecular weight excluding hydrogens is 817 g/mol. The third-order valence-corrected chi connectivity index (χ3v) is 10.4. The number of ether oxygens (including phenoxy) is 2. The summed E-state index contributed by atoms with van der Waals surface area (Å²) in [6.07, 6.45) is -1.43. The molecule has 0 radical (unpaired) electrons. The van der Waals surface area contributed by atoms with Crippen molar-refractivity contribution in [3.63, 3.8) is 0 Å². The second kappa shape index (κ2) is 30.2. The van der Waals surface area contributed by atoms with Crippen LogP contribution in [0, 0.1) is 11.8 Å². The van der Waals surface area contributed by atoms with Gasteiger partial charge in [-0.2, -0.15) is 0 Å². The molecular formula is C34H52N4O18S2. The topological polar surface area (TPSA) is 380 Å². The highest BCUT2D eigenvalue weighted by Gasteiger charge is 2.30. The van der Waals surface area contributed by atoms with Gasteiger partial charge in [-0.3, -0.25) is 57.5 Å². The Hall–Kier alpha value is -4.94. The van der Waals surface area contributed by atoms with Gasteiger partial charge in [0, 0.05) is 37.2 Å². The van der Waals surface area contributed by atoms with E-state index in [1.165, 1.54) is 13.8 Å². The summed E-state index contributed by atoms with van der Waals surface area (Å²) in [7, 11) is 2.20. The third-order valence-electron chi connectivity index (χ3n) is 7.71. The van der Waals surface area contributed by atoms with E-state index in [-0.39, 0.29) is 73.2 Å². The van der Waals surface area contributed by atoms with E-state index in [2.05, 4.69) is 20.1 Å². The predicted molar refractivity (Wildman–Crippen MR) is 204 cm³/mol. The smallest absolute Gasteiger partial charge is 0.322 e. The van der Waals surface area contributed by atoms with Gasteiger partial charge in [0.2, 0.25) is 11.8 Å². The SMILES string of the molecule is COC(=O)C(CC(=O)O)SC[C@H](CC(=O)CC[C@H](N)C(C)=O)C(=O)NCC(=O)O.COC(=O)CC(SC[C@H](CC(=O)CC[C@H](N)C(C)=O)C(=O)NCC(=O)O)C(=O)O. The number of esters is 2. The van der Waals surface area contributed by atoms with Crippen molar-refractivity contribution in [2.75, 3.05) is 38.8 Å². The van der Waals surface area contributed by atoms with E-state index in [9.17, 15) is 62.6 Å². The average molecular weight is 869 g/mol. The van der Waals surface area contributed by atoms with Gasteiger partial charge in [-0.1, -0.05) is 0 Å². The molecule has 0 bridgehead atoms. The number of thioether (sulfide) groups is 2. The largest absolute Gasteiger partial charge is 0.481 e. The molecule has 0 spiro atoms. The lowest BCUT2D eigenvalue weighted by atomic mass is 9.98. The van der Waals surface area contributed by atoms with Crippen LogP contribution in [0.5, 0.6) is 0 Å². The molecule has 0 aromatic rings. The first-order valence-electron chi connectivity index (χ1n) is 17.3. The van der Waals surface area contributed by atoms with Gasteiger partial charge in [0.1, 0.15) is 46.7 Å². The lowest BCUT2D eigenvalue weighted by molar-refractivity contribution is -0.145. The molecule has 0 aliphatic heterocycles. The zero-order valence-electron chi connectivity index (χ0n) is 32.4. The standard InChI is InChI=1S/2C17H26N2O9S/c1-9(20)12(18)4-3-11(21)5-10(16(25)19-7-14(22)23)8-29-13(17(26)27)6-15(24)28-2;1-9(20)12(18)4-3-11(21)5-10(16(26)19-7-15(24)25)8-29-13(6-14(22)23)17(27)28-2/h10,12-13H,3-8,18H2,1-2H3,(H,19,25)(H,22,23)(H,26,27);10,12-13H,3-8,18H2,1-2H3,(H,19,26)(H,22,23)(H,24,25)/t2*10-,12-,13?/m00/s1. The molecule has 0 aliphatic rings. The summed E-state index contributed by atoms with van der Waals surface area (Å²) in [4.78, 5) is 138. The molecule has 328 valence electrons. The number of rotatable bonds is 30. The molecule has 10 N–H and O–H groups in total. The average Bonchev–Trinajstić information content (AvgIpc) is 3.15. The second-order valence-electron chi connectivity index (χ2n) is 12.5. The van der Waals surface area contributed by atoms with Crippen LogP contribution in [0.1, 0.15) is 65.2 Å². The highest BCUT2D eigenvalue weighted by molar-refractivity contribution is 8.00. The maximum atomic E-state index is 12.3. The van der Waals surface area contributed by atoms with Crippen molar-refractivity contribution in [3.8, 4) is 0 Å². The van der Waals surface area contributed by atoms with Gasteiger partial charge in [0.25, 0.3) is 0 Å². The summed E-state index contributed by atoms with van der Waals surface area (Å²) in [5.74, 6) is -11.6. The van der Waals surface area contributed by atoms with Crippen molar-refractivity contribution in [2.45, 2.75) is 87.8 Å². The number of amides is 2. The number of carbonyl (C=O) groups excluding carboxylic acids is 8. The fraction of sp³-hybridized carbons (Fsp3) is 0.647. The van der Waals surface area contributed by atoms with Crippen LogP contribution in [0.25, 0.3) is 0 Å². The van der Waals surface area contributed by atoms with Crippen LogP contribution >= 0.6 is 23.5 Å². The summed E-state index contributed by atoms with van der Waals surface area (Å²) in [5, 5.41) is 37.5. The van der Waals surface area contributed by atoms with Crippen molar-refractivity contribution in [3.05, 3.63) is 0 Å². The maximum absolute atomic E-state index is 12.3. The van der Waals surface area contributed by atoms with E-state index in [0.717, 1.165) is 37.7 Å². The molecule has 6 atom stereocenters. The highest BCUT2D eigenvalue weighted by Crippen LogP contribution is 2.24. The Kier molecular flexibility index (Phi) is 28.7. The monoisotopic (exact) mass is 868 g/mol. The minimum atomic E-state index is -1.29. The Morgan fingerprint density at radius 2 is 0.966 bits per heavy atom. The molecule has 58 heavy (non-hydrogen) atoms. The van der Waals surface area contributed by atoms with Gasteiger partial charge >= 0.3 is 35.8 Å². The molecule has 2 amide bonds. The van der Waals surface area contributed by atoms with Crippen molar-refractivity contribution in [1.82, 2.24) is 10.6 Å². The Morgan fingerprint density at radius 3 is 1.28 bits per heavy atom. The number of nitrogens with two attached hydrogens (primary N) is 2. The number of hydrogen-bond acceptors (Lipinski definition) is 18. The first-order chi connectivity index (χ1) is 26.9. The van der Waals surface area contributed by atoms with Crippen LogP contribution in [0.4, 0.5) is 0 Å². The Labute approximate surface area is 341 Å². The number of hydrogen-bond donors (Lipinski definition) is 8. The minimum Gasteiger partial charge on any atom is -0.481 e. The Morgan fingerprint density at radius 1 is 0.569 bits per heavy atom. The number of Topliss-reactive ketones (excluding diaryl/α,β-unsaturated/α-hetero) is 4. The van der Waals surface area contributed by atoms with E-state index in [1.807, 2.05) is 0 Å². The maximum Gasteiger partial charge on any atom is 0.322 e. The normalized spacial score (nSPS) is 13.6. The van der Waals surface area contributed by atoms with Crippen molar-refractivity contribution in [1.29, 1.82) is 0 Å². The lowest BCUT2D eigenvalue weighted by Gasteiger charge is -2.18. The number of carboxylic acids is 4. The molecule has 0 heterocycles. The van der Waals surface area contributed by atoms with Crippen molar-refractivity contribution in [2.24, 2.45) is 23.3 Å². The quantitative estimate of drug-likeness (QED) is 0.0377. The van der Waals surface area contributed by atoms with Crippen molar-refractivity contribution < 1.29 is 87.4 Å². The summed E-state index contributed by atoms with van der Waals surface area (Å²) < 4.78 is 8.97. The molecule has 0 saturated heterocycles. The fourth-order valence-corrected chi connectivity index (χ4v) is 6.64. The summed E-state index contributed by atoms with van der Waals surface area (Å²) in [6, 6.07) is -1.60. The molecule has 0 rings (SSSR count). The first-order valence-corrected chi connectivity index (χ1v) is 19.4. The molecule has 0 fully saturated rings. The van der Waals surface area contributed by atoms with Gasteiger partial charge < -0.3 is 52.0 Å². The predicted octanol–water partition coefficient (Wildman–Crippen LogP) is -1.58. The van der Waals surface area contributed by atoms with Gasteiger partial charge in [-0.25, -0.2) is 0 Å². The lowest BCUT2D eigenvalue weighted by Crippen LogP contribution is -2.37. The van der Waals surface area contributed by atoms with Crippen LogP contribution in [0.15, 0.2) is 0 Å². The van der Waals surface area contributed by atoms with Gasteiger partial charge in [-0.15, -0.1) is 23.5 Å². The summed E-state index contributed by atoms with van der Waals surface area (Å²) in [6.45, 7) is 1.28. The van der Waals surface area contributed by atoms with Crippen LogP contribution in [0.3, 0.4) is 0 Å². The molecule has 0 aliphatic carbocycles. The third kappa shape index (κ3) is 26.8. The molecule has 22 nitrogen and oxygen atoms in total. The molecule has 0 aromatic heterocycles. The van der Waals surface area contributed by atoms with Crippen LogP contribution in [-0.2, 0) is 67.0 Å². The number of carbonyl (C=O) groups is 12. The number of aliphatic carboxylic acids is 4. The van der Waals surface area contributed by atoms with Gasteiger partial charge in [0.05, 0.1) is 51.0 Å². The van der Waals surface area contributed by atoms with Crippen LogP contribution < -0.4 is 22.1 Å². The molecule has 0 saturated carbocycles. The van der Waals surface area contributed by atoms with E-state index >= 15 is 0 Å². The number of ketones is 4. The molecule has 2 unspecified atom stereocenters. The van der Waals surface area contributed by atoms with E-state index in [1.54, 1.807) is 0 Å². The minimum absolute atomic E-state index is 0.0519. The van der Waals surface area contributed by atoms with Crippen LogP contribution in [0.2, 0.25) is 0 Å². The Bertz CT molecular complexity index is 1490. The van der Waals surface area contributed by atoms with Gasteiger partial charge in [0.15, 0.2) is 0 Å². The first kappa shape index (κ1) is 55.2. The fourth-order valence-electron chi connectivity index (χ4n) is 4.28. The summed E-state index contributed by atoms with van der Waals surface area (Å²) >= 11 is 1.61. The summed E-state index contributed by atoms with van der Waals surface area (Å²) in [5.41, 5.74) is 11.1. The van der Waals surface area contributed by atoms with Crippen molar-refractivity contribution >= 4 is 94.3 Å². The number of carboxylic acid groups (broad SMARTS) is 4. The Balaban J connectivity index is 0. The number of nitrogens with one attached hydrogen (secondary N) is 2. The van der Waals surface area contributed by atoms with E-state index in [4.69, 9.17) is 26.8 Å². The molecule has 0 aromatic carbocycles. The second-order valence-corrected chi connectivity index (χ2v) is 15.0. The van der Waals surface area contributed by atoms with Gasteiger partial charge in [-0.05, 0) is 26.7 Å². The number of methoxy groups -OCH3 is 2. The van der Waals surface area contributed by atoms with Crippen LogP contribution in [-0.4, -0.2) is 153 Å². The zero-order chi connectivity index (χ0) is 45.1. The zero-order valence-corrected chi connectivity index (χ0v) is 34.1. The van der Waals surface area contributed by atoms with E-state index < -0.39 is 108 Å². The highest BCUT2D eigenvalue weighted by atomic mass is 32.2. The molecule has 24 heteroatoms. The van der Waals surface area contributed by atoms with E-state index in [0.29, 0.717) is 0 Å².